The van der Waals surface area contributed by atoms with Crippen molar-refractivity contribution in [3.05, 3.63) is 29.8 Å². The lowest BCUT2D eigenvalue weighted by Gasteiger charge is -2.34. The Bertz CT molecular complexity index is 545. The van der Waals surface area contributed by atoms with E-state index in [-0.39, 0.29) is 18.4 Å². The molecule has 5 nitrogen and oxygen atoms in total. The molecule has 0 fully saturated rings. The number of ether oxygens (including phenoxy) is 1. The van der Waals surface area contributed by atoms with Gasteiger partial charge in [0.15, 0.2) is 0 Å². The van der Waals surface area contributed by atoms with Gasteiger partial charge in [-0.15, -0.1) is 0 Å². The summed E-state index contributed by atoms with van der Waals surface area (Å²) in [7, 11) is -1.42. The number of hydrogen-bond acceptors (Lipinski definition) is 4. The predicted octanol–water partition coefficient (Wildman–Crippen LogP) is 1.52. The largest absolute Gasteiger partial charge is 0.381 e. The number of para-hydroxylation sites is 1. The minimum atomic E-state index is -3.32. The molecule has 1 aliphatic heterocycles. The molecule has 1 aromatic carbocycles. The van der Waals surface area contributed by atoms with Gasteiger partial charge in [-0.1, -0.05) is 18.2 Å². The first kappa shape index (κ1) is 15.3. The van der Waals surface area contributed by atoms with Crippen molar-refractivity contribution in [1.29, 1.82) is 0 Å². The van der Waals surface area contributed by atoms with E-state index in [2.05, 4.69) is 5.32 Å². The summed E-state index contributed by atoms with van der Waals surface area (Å²) in [4.78, 5) is 0. The lowest BCUT2D eigenvalue weighted by atomic mass is 9.98. The lowest BCUT2D eigenvalue weighted by Crippen LogP contribution is -2.40. The second-order valence-corrected chi connectivity index (χ2v) is 6.79. The van der Waals surface area contributed by atoms with E-state index < -0.39 is 10.0 Å². The van der Waals surface area contributed by atoms with Crippen molar-refractivity contribution in [2.45, 2.75) is 19.4 Å². The maximum absolute atomic E-state index is 12.4. The molecule has 6 heteroatoms. The van der Waals surface area contributed by atoms with Gasteiger partial charge >= 0.3 is 0 Å². The van der Waals surface area contributed by atoms with Gasteiger partial charge in [0, 0.05) is 19.2 Å². The van der Waals surface area contributed by atoms with E-state index in [1.165, 1.54) is 4.31 Å². The smallest absolute Gasteiger partial charge is 0.237 e. The molecule has 0 amide bonds. The second kappa shape index (κ2) is 6.56. The number of anilines is 1. The lowest BCUT2D eigenvalue weighted by molar-refractivity contribution is 0.163. The monoisotopic (exact) mass is 298 g/mol. The average Bonchev–Trinajstić information content (AvgIpc) is 2.46. The first-order valence-electron chi connectivity index (χ1n) is 6.94. The van der Waals surface area contributed by atoms with E-state index in [1.807, 2.05) is 38.2 Å². The van der Waals surface area contributed by atoms with E-state index in [9.17, 15) is 8.42 Å². The van der Waals surface area contributed by atoms with Gasteiger partial charge in [-0.25, -0.2) is 8.42 Å². The van der Waals surface area contributed by atoms with Crippen LogP contribution in [0.1, 0.15) is 24.9 Å². The summed E-state index contributed by atoms with van der Waals surface area (Å²) in [6.07, 6.45) is 0.779. The van der Waals surface area contributed by atoms with Crippen LogP contribution >= 0.6 is 0 Å². The molecule has 1 atom stereocenters. The summed E-state index contributed by atoms with van der Waals surface area (Å²) < 4.78 is 31.6. The zero-order valence-corrected chi connectivity index (χ0v) is 12.8. The number of benzene rings is 1. The van der Waals surface area contributed by atoms with Crippen LogP contribution in [-0.2, 0) is 14.8 Å². The minimum Gasteiger partial charge on any atom is -0.381 e. The van der Waals surface area contributed by atoms with Crippen molar-refractivity contribution in [2.24, 2.45) is 0 Å². The van der Waals surface area contributed by atoms with Crippen molar-refractivity contribution in [3.8, 4) is 0 Å². The molecule has 0 radical (unpaired) electrons. The van der Waals surface area contributed by atoms with Crippen LogP contribution in [0.3, 0.4) is 0 Å². The van der Waals surface area contributed by atoms with E-state index in [1.54, 1.807) is 0 Å². The summed E-state index contributed by atoms with van der Waals surface area (Å²) in [5.74, 6) is 0.0272. The Kier molecular flexibility index (Phi) is 5.01. The fourth-order valence-corrected chi connectivity index (χ4v) is 3.94. The highest BCUT2D eigenvalue weighted by Crippen LogP contribution is 2.34. The molecular formula is C14H22N2O3S. The Balaban J connectivity index is 2.25. The molecule has 20 heavy (non-hydrogen) atoms. The van der Waals surface area contributed by atoms with Crippen molar-refractivity contribution >= 4 is 15.7 Å². The quantitative estimate of drug-likeness (QED) is 0.809. The Morgan fingerprint density at radius 3 is 2.85 bits per heavy atom. The maximum atomic E-state index is 12.4. The van der Waals surface area contributed by atoms with Gasteiger partial charge in [0.1, 0.15) is 0 Å². The van der Waals surface area contributed by atoms with Crippen molar-refractivity contribution in [1.82, 2.24) is 5.32 Å². The van der Waals surface area contributed by atoms with Crippen LogP contribution in [0.5, 0.6) is 0 Å². The third-order valence-electron chi connectivity index (χ3n) is 3.58. The standard InChI is InChI=1S/C14H22N2O3S/c1-3-19-10-11-20(17,18)16-9-8-13(15-2)12-6-4-5-7-14(12)16/h4-7,13,15H,3,8-11H2,1-2H3. The normalized spacial score (nSPS) is 18.9. The molecule has 1 aliphatic rings. The van der Waals surface area contributed by atoms with Gasteiger partial charge in [-0.05, 0) is 32.0 Å². The SMILES string of the molecule is CCOCCS(=O)(=O)N1CCC(NC)c2ccccc21. The Labute approximate surface area is 121 Å². The molecule has 0 aromatic heterocycles. The van der Waals surface area contributed by atoms with Crippen LogP contribution in [0.4, 0.5) is 5.69 Å². The third kappa shape index (κ3) is 3.13. The first-order chi connectivity index (χ1) is 9.60. The predicted molar refractivity (Wildman–Crippen MR) is 80.5 cm³/mol. The molecule has 1 N–H and O–H groups in total. The summed E-state index contributed by atoms with van der Waals surface area (Å²) in [6.45, 7) is 3.15. The van der Waals surface area contributed by atoms with Crippen LogP contribution in [0, 0.1) is 0 Å². The number of nitrogens with one attached hydrogen (secondary N) is 1. The van der Waals surface area contributed by atoms with Crippen LogP contribution in [0.25, 0.3) is 0 Å². The fraction of sp³-hybridized carbons (Fsp3) is 0.571. The molecule has 0 saturated carbocycles. The molecule has 1 heterocycles. The van der Waals surface area contributed by atoms with Crippen LogP contribution in [0.15, 0.2) is 24.3 Å². The fourth-order valence-electron chi connectivity index (χ4n) is 2.54. The maximum Gasteiger partial charge on any atom is 0.237 e. The van der Waals surface area contributed by atoms with Gasteiger partial charge in [0.2, 0.25) is 10.0 Å². The molecule has 0 aliphatic carbocycles. The van der Waals surface area contributed by atoms with E-state index in [0.717, 1.165) is 17.7 Å². The van der Waals surface area contributed by atoms with Gasteiger partial charge < -0.3 is 10.1 Å². The van der Waals surface area contributed by atoms with E-state index in [0.29, 0.717) is 13.2 Å². The number of fused-ring (bicyclic) bond motifs is 1. The molecule has 0 saturated heterocycles. The number of nitrogens with zero attached hydrogens (tertiary/aromatic N) is 1. The van der Waals surface area contributed by atoms with Crippen LogP contribution in [0.2, 0.25) is 0 Å². The second-order valence-electron chi connectivity index (χ2n) is 4.77. The Morgan fingerprint density at radius 2 is 2.15 bits per heavy atom. The highest BCUT2D eigenvalue weighted by Gasteiger charge is 2.30. The summed E-state index contributed by atoms with van der Waals surface area (Å²) in [5.41, 5.74) is 1.83. The Hall–Kier alpha value is -1.11. The topological polar surface area (TPSA) is 58.6 Å². The van der Waals surface area contributed by atoms with Gasteiger partial charge in [-0.3, -0.25) is 4.31 Å². The third-order valence-corrected chi connectivity index (χ3v) is 5.31. The minimum absolute atomic E-state index is 0.0272. The number of sulfonamides is 1. The molecule has 0 bridgehead atoms. The van der Waals surface area contributed by atoms with Crippen molar-refractivity contribution in [2.75, 3.05) is 36.9 Å². The molecule has 112 valence electrons. The zero-order valence-electron chi connectivity index (χ0n) is 12.0. The molecule has 1 aromatic rings. The highest BCUT2D eigenvalue weighted by molar-refractivity contribution is 7.92. The zero-order chi connectivity index (χ0) is 14.6. The molecular weight excluding hydrogens is 276 g/mol. The summed E-state index contributed by atoms with van der Waals surface area (Å²) in [6, 6.07) is 7.89. The number of hydrogen-bond donors (Lipinski definition) is 1. The summed E-state index contributed by atoms with van der Waals surface area (Å²) in [5, 5.41) is 3.24. The first-order valence-corrected chi connectivity index (χ1v) is 8.55. The van der Waals surface area contributed by atoms with Crippen molar-refractivity contribution in [3.63, 3.8) is 0 Å². The molecule has 0 spiro atoms. The van der Waals surface area contributed by atoms with Crippen LogP contribution < -0.4 is 9.62 Å². The van der Waals surface area contributed by atoms with E-state index in [4.69, 9.17) is 4.74 Å². The van der Waals surface area contributed by atoms with E-state index >= 15 is 0 Å². The molecule has 2 rings (SSSR count). The number of rotatable bonds is 6. The molecule has 1 unspecified atom stereocenters. The van der Waals surface area contributed by atoms with Crippen molar-refractivity contribution < 1.29 is 13.2 Å². The highest BCUT2D eigenvalue weighted by atomic mass is 32.2. The summed E-state index contributed by atoms with van der Waals surface area (Å²) >= 11 is 0. The van der Waals surface area contributed by atoms with Gasteiger partial charge in [-0.2, -0.15) is 0 Å². The van der Waals surface area contributed by atoms with Crippen LogP contribution in [-0.4, -0.2) is 41.0 Å². The Morgan fingerprint density at radius 1 is 1.40 bits per heavy atom. The van der Waals surface area contributed by atoms with Gasteiger partial charge in [0.25, 0.3) is 0 Å². The van der Waals surface area contributed by atoms with Gasteiger partial charge in [0.05, 0.1) is 18.0 Å². The average molecular weight is 298 g/mol.